The third-order valence-electron chi connectivity index (χ3n) is 3.37. The predicted octanol–water partition coefficient (Wildman–Crippen LogP) is 1.03. The second kappa shape index (κ2) is 6.00. The zero-order chi connectivity index (χ0) is 15.6. The Morgan fingerprint density at radius 1 is 1.48 bits per heavy atom. The van der Waals surface area contributed by atoms with E-state index in [4.69, 9.17) is 4.74 Å². The van der Waals surface area contributed by atoms with Crippen molar-refractivity contribution in [1.82, 2.24) is 13.7 Å². The third kappa shape index (κ3) is 2.74. The van der Waals surface area contributed by atoms with Crippen molar-refractivity contribution in [3.05, 3.63) is 24.4 Å². The lowest BCUT2D eigenvalue weighted by Crippen LogP contribution is -2.38. The molecular formula is C13H20N4O3S. The summed E-state index contributed by atoms with van der Waals surface area (Å²) in [5.74, 6) is 0.331. The van der Waals surface area contributed by atoms with Gasteiger partial charge >= 0.3 is 0 Å². The van der Waals surface area contributed by atoms with Crippen LogP contribution in [0.4, 0.5) is 5.82 Å². The number of nitrogens with one attached hydrogen (secondary N) is 1. The van der Waals surface area contributed by atoms with Crippen LogP contribution in [0, 0.1) is 0 Å². The van der Waals surface area contributed by atoms with Crippen LogP contribution in [0.2, 0.25) is 0 Å². The number of anilines is 1. The second-order valence-electron chi connectivity index (χ2n) is 4.77. The summed E-state index contributed by atoms with van der Waals surface area (Å²) in [6.07, 6.45) is 1.69. The number of hydrogen-bond acceptors (Lipinski definition) is 5. The van der Waals surface area contributed by atoms with E-state index >= 15 is 0 Å². The maximum absolute atomic E-state index is 12.9. The van der Waals surface area contributed by atoms with E-state index in [1.807, 2.05) is 6.07 Å². The van der Waals surface area contributed by atoms with E-state index in [1.165, 1.54) is 4.31 Å². The number of methoxy groups -OCH3 is 1. The number of sulfonamides is 1. The highest BCUT2D eigenvalue weighted by molar-refractivity contribution is 7.89. The van der Waals surface area contributed by atoms with Crippen LogP contribution in [-0.2, 0) is 14.8 Å². The molecule has 0 aliphatic rings. The summed E-state index contributed by atoms with van der Waals surface area (Å²) in [5, 5.41) is 2.98. The zero-order valence-electron chi connectivity index (χ0n) is 12.6. The van der Waals surface area contributed by atoms with Crippen molar-refractivity contribution in [2.45, 2.75) is 18.0 Å². The van der Waals surface area contributed by atoms with Gasteiger partial charge in [-0.05, 0) is 19.1 Å². The van der Waals surface area contributed by atoms with Crippen LogP contribution in [-0.4, -0.2) is 56.0 Å². The first-order valence-corrected chi connectivity index (χ1v) is 7.99. The van der Waals surface area contributed by atoms with E-state index in [0.29, 0.717) is 18.1 Å². The van der Waals surface area contributed by atoms with Crippen LogP contribution in [0.5, 0.6) is 0 Å². The molecule has 116 valence electrons. The summed E-state index contributed by atoms with van der Waals surface area (Å²) < 4.78 is 33.6. The van der Waals surface area contributed by atoms with Crippen molar-refractivity contribution in [3.63, 3.8) is 0 Å². The summed E-state index contributed by atoms with van der Waals surface area (Å²) in [4.78, 5) is 4.30. The van der Waals surface area contributed by atoms with Crippen LogP contribution in [0.25, 0.3) is 5.65 Å². The van der Waals surface area contributed by atoms with Crippen LogP contribution in [0.1, 0.15) is 6.92 Å². The first kappa shape index (κ1) is 15.7. The van der Waals surface area contributed by atoms with E-state index in [1.54, 1.807) is 50.9 Å². The van der Waals surface area contributed by atoms with Crippen molar-refractivity contribution in [2.75, 3.05) is 33.1 Å². The van der Waals surface area contributed by atoms with E-state index in [9.17, 15) is 8.42 Å². The van der Waals surface area contributed by atoms with Crippen molar-refractivity contribution >= 4 is 21.5 Å². The smallest absolute Gasteiger partial charge is 0.262 e. The van der Waals surface area contributed by atoms with Gasteiger partial charge in [-0.25, -0.2) is 13.4 Å². The summed E-state index contributed by atoms with van der Waals surface area (Å²) in [7, 11) is 1.05. The molecule has 1 unspecified atom stereocenters. The third-order valence-corrected chi connectivity index (χ3v) is 5.37. The average Bonchev–Trinajstić information content (AvgIpc) is 2.85. The Morgan fingerprint density at radius 2 is 2.19 bits per heavy atom. The molecule has 1 N–H and O–H groups in total. The molecule has 0 saturated carbocycles. The topological polar surface area (TPSA) is 75.9 Å². The van der Waals surface area contributed by atoms with Crippen LogP contribution in [0.3, 0.4) is 0 Å². The number of hydrogen-bond donors (Lipinski definition) is 1. The van der Waals surface area contributed by atoms with Crippen molar-refractivity contribution in [3.8, 4) is 0 Å². The molecule has 0 aliphatic carbocycles. The van der Waals surface area contributed by atoms with Gasteiger partial charge in [0.25, 0.3) is 10.0 Å². The number of pyridine rings is 1. The van der Waals surface area contributed by atoms with Crippen LogP contribution >= 0.6 is 0 Å². The van der Waals surface area contributed by atoms with Crippen molar-refractivity contribution < 1.29 is 13.2 Å². The highest BCUT2D eigenvalue weighted by Gasteiger charge is 2.31. The molecule has 21 heavy (non-hydrogen) atoms. The Bertz CT molecular complexity index is 726. The number of nitrogens with zero attached hydrogens (tertiary/aromatic N) is 3. The molecule has 7 nitrogen and oxygen atoms in total. The lowest BCUT2D eigenvalue weighted by atomic mass is 10.4. The maximum atomic E-state index is 12.9. The number of ether oxygens (including phenoxy) is 1. The van der Waals surface area contributed by atoms with E-state index < -0.39 is 10.0 Å². The molecule has 0 aromatic carbocycles. The molecule has 0 radical (unpaired) electrons. The quantitative estimate of drug-likeness (QED) is 0.862. The van der Waals surface area contributed by atoms with Gasteiger partial charge in [0.05, 0.1) is 6.61 Å². The summed E-state index contributed by atoms with van der Waals surface area (Å²) in [5.41, 5.74) is 0.577. The number of likely N-dealkylation sites (N-methyl/N-ethyl adjacent to an activating group) is 1. The lowest BCUT2D eigenvalue weighted by molar-refractivity contribution is 0.149. The Labute approximate surface area is 124 Å². The van der Waals surface area contributed by atoms with Crippen molar-refractivity contribution in [2.24, 2.45) is 0 Å². The molecular weight excluding hydrogens is 292 g/mol. The first-order chi connectivity index (χ1) is 9.93. The normalized spacial score (nSPS) is 13.8. The van der Waals surface area contributed by atoms with E-state index in [2.05, 4.69) is 10.3 Å². The predicted molar refractivity (Wildman–Crippen MR) is 81.0 cm³/mol. The Morgan fingerprint density at radius 3 is 2.81 bits per heavy atom. The monoisotopic (exact) mass is 312 g/mol. The SMILES string of the molecule is CNc1nc2ccccn2c1S(=O)(=O)N(C)C(C)COC. The fraction of sp³-hybridized carbons (Fsp3) is 0.462. The van der Waals surface area contributed by atoms with Gasteiger partial charge in [0, 0.05) is 33.4 Å². The molecule has 0 aliphatic heterocycles. The average molecular weight is 312 g/mol. The van der Waals surface area contributed by atoms with Gasteiger partial charge in [0.1, 0.15) is 5.65 Å². The number of fused-ring (bicyclic) bond motifs is 1. The maximum Gasteiger partial charge on any atom is 0.262 e. The standard InChI is InChI=1S/C13H20N4O3S/c1-10(9-20-4)16(3)21(18,19)13-12(14-2)15-11-7-5-6-8-17(11)13/h5-8,10,14H,9H2,1-4H3. The van der Waals surface area contributed by atoms with Crippen LogP contribution in [0.15, 0.2) is 29.4 Å². The van der Waals surface area contributed by atoms with Gasteiger partial charge < -0.3 is 10.1 Å². The fourth-order valence-electron chi connectivity index (χ4n) is 2.10. The van der Waals surface area contributed by atoms with Gasteiger partial charge in [-0.1, -0.05) is 6.07 Å². The number of rotatable bonds is 6. The molecule has 2 aromatic heterocycles. The minimum absolute atomic E-state index is 0.131. The minimum atomic E-state index is -3.70. The Kier molecular flexibility index (Phi) is 4.50. The summed E-state index contributed by atoms with van der Waals surface area (Å²) in [6, 6.07) is 5.07. The highest BCUT2D eigenvalue weighted by atomic mass is 32.2. The van der Waals surface area contributed by atoms with Gasteiger partial charge in [-0.2, -0.15) is 4.31 Å². The van der Waals surface area contributed by atoms with Crippen LogP contribution < -0.4 is 5.32 Å². The van der Waals surface area contributed by atoms with E-state index in [0.717, 1.165) is 0 Å². The largest absolute Gasteiger partial charge is 0.383 e. The van der Waals surface area contributed by atoms with Gasteiger partial charge in [0.2, 0.25) is 0 Å². The lowest BCUT2D eigenvalue weighted by Gasteiger charge is -2.23. The molecule has 2 heterocycles. The molecule has 0 spiro atoms. The zero-order valence-corrected chi connectivity index (χ0v) is 13.4. The Balaban J connectivity index is 2.59. The fourth-order valence-corrected chi connectivity index (χ4v) is 3.70. The molecule has 2 rings (SSSR count). The first-order valence-electron chi connectivity index (χ1n) is 6.55. The highest BCUT2D eigenvalue weighted by Crippen LogP contribution is 2.26. The van der Waals surface area contributed by atoms with E-state index in [-0.39, 0.29) is 11.1 Å². The van der Waals surface area contributed by atoms with Gasteiger partial charge in [-0.15, -0.1) is 0 Å². The Hall–Kier alpha value is -1.64. The van der Waals surface area contributed by atoms with Gasteiger partial charge in [-0.3, -0.25) is 4.40 Å². The molecule has 0 bridgehead atoms. The molecule has 0 amide bonds. The van der Waals surface area contributed by atoms with Gasteiger partial charge in [0.15, 0.2) is 10.8 Å². The molecule has 0 saturated heterocycles. The number of aromatic nitrogens is 2. The molecule has 2 aromatic rings. The minimum Gasteiger partial charge on any atom is -0.383 e. The molecule has 0 fully saturated rings. The second-order valence-corrected chi connectivity index (χ2v) is 6.68. The molecule has 8 heteroatoms. The number of imidazole rings is 1. The summed E-state index contributed by atoms with van der Waals surface area (Å²) in [6.45, 7) is 2.12. The summed E-state index contributed by atoms with van der Waals surface area (Å²) >= 11 is 0. The van der Waals surface area contributed by atoms with Crippen molar-refractivity contribution in [1.29, 1.82) is 0 Å². The molecule has 1 atom stereocenters.